The van der Waals surface area contributed by atoms with Gasteiger partial charge in [-0.25, -0.2) is 0 Å². The minimum absolute atomic E-state index is 0.0539. The van der Waals surface area contributed by atoms with Crippen LogP contribution >= 0.6 is 0 Å². The molecule has 2 rings (SSSR count). The SMILES string of the molecule is CC(C)Oc1cc(-c2nn[nH]n2)on1. The van der Waals surface area contributed by atoms with E-state index in [2.05, 4.69) is 25.8 Å². The summed E-state index contributed by atoms with van der Waals surface area (Å²) in [5.41, 5.74) is 0. The average Bonchev–Trinajstić information content (AvgIpc) is 2.69. The van der Waals surface area contributed by atoms with E-state index in [-0.39, 0.29) is 6.10 Å². The van der Waals surface area contributed by atoms with Crippen LogP contribution in [0.15, 0.2) is 10.6 Å². The van der Waals surface area contributed by atoms with Gasteiger partial charge in [0.1, 0.15) is 0 Å². The summed E-state index contributed by atoms with van der Waals surface area (Å²) < 4.78 is 10.3. The molecule has 0 aliphatic rings. The molecule has 0 saturated carbocycles. The van der Waals surface area contributed by atoms with Gasteiger partial charge in [0.25, 0.3) is 5.88 Å². The molecule has 0 unspecified atom stereocenters. The molecule has 0 fully saturated rings. The summed E-state index contributed by atoms with van der Waals surface area (Å²) in [5, 5.41) is 16.9. The van der Waals surface area contributed by atoms with Crippen molar-refractivity contribution in [2.24, 2.45) is 0 Å². The number of nitrogens with one attached hydrogen (secondary N) is 1. The van der Waals surface area contributed by atoms with E-state index in [0.29, 0.717) is 17.5 Å². The first-order valence-corrected chi connectivity index (χ1v) is 4.13. The van der Waals surface area contributed by atoms with Gasteiger partial charge in [-0.2, -0.15) is 5.21 Å². The van der Waals surface area contributed by atoms with Gasteiger partial charge in [0.05, 0.1) is 12.2 Å². The molecule has 0 radical (unpaired) electrons. The zero-order chi connectivity index (χ0) is 9.97. The van der Waals surface area contributed by atoms with E-state index in [1.807, 2.05) is 13.8 Å². The lowest BCUT2D eigenvalue weighted by atomic mass is 10.4. The van der Waals surface area contributed by atoms with Crippen molar-refractivity contribution >= 4 is 0 Å². The van der Waals surface area contributed by atoms with Crippen molar-refractivity contribution in [3.63, 3.8) is 0 Å². The van der Waals surface area contributed by atoms with Gasteiger partial charge in [0.2, 0.25) is 11.6 Å². The predicted octanol–water partition coefficient (Wildman–Crippen LogP) is 0.642. The van der Waals surface area contributed by atoms with E-state index in [0.717, 1.165) is 0 Å². The van der Waals surface area contributed by atoms with Gasteiger partial charge in [-0.05, 0) is 24.2 Å². The van der Waals surface area contributed by atoms with Crippen LogP contribution in [0.2, 0.25) is 0 Å². The number of rotatable bonds is 3. The van der Waals surface area contributed by atoms with Gasteiger partial charge >= 0.3 is 0 Å². The lowest BCUT2D eigenvalue weighted by Crippen LogP contribution is -2.05. The highest BCUT2D eigenvalue weighted by atomic mass is 16.5. The Morgan fingerprint density at radius 3 is 3.00 bits per heavy atom. The van der Waals surface area contributed by atoms with Crippen molar-refractivity contribution in [3.8, 4) is 17.5 Å². The quantitative estimate of drug-likeness (QED) is 0.772. The monoisotopic (exact) mass is 195 g/mol. The minimum Gasteiger partial charge on any atom is -0.473 e. The number of aromatic amines is 1. The van der Waals surface area contributed by atoms with Crippen molar-refractivity contribution in [1.82, 2.24) is 25.8 Å². The topological polar surface area (TPSA) is 89.7 Å². The molecule has 74 valence electrons. The highest BCUT2D eigenvalue weighted by molar-refractivity contribution is 5.45. The van der Waals surface area contributed by atoms with Crippen LogP contribution in [0.25, 0.3) is 11.6 Å². The van der Waals surface area contributed by atoms with E-state index in [1.54, 1.807) is 6.07 Å². The van der Waals surface area contributed by atoms with Gasteiger partial charge in [-0.3, -0.25) is 0 Å². The molecular weight excluding hydrogens is 186 g/mol. The second-order valence-corrected chi connectivity index (χ2v) is 2.93. The molecule has 0 atom stereocenters. The van der Waals surface area contributed by atoms with Crippen LogP contribution < -0.4 is 4.74 Å². The van der Waals surface area contributed by atoms with Crippen molar-refractivity contribution in [1.29, 1.82) is 0 Å². The third-order valence-corrected chi connectivity index (χ3v) is 1.41. The molecule has 1 N–H and O–H groups in total. The van der Waals surface area contributed by atoms with Crippen molar-refractivity contribution in [2.75, 3.05) is 0 Å². The van der Waals surface area contributed by atoms with E-state index in [4.69, 9.17) is 9.26 Å². The second kappa shape index (κ2) is 3.44. The Hall–Kier alpha value is -1.92. The molecule has 0 aliphatic heterocycles. The molecule has 2 aromatic rings. The summed E-state index contributed by atoms with van der Waals surface area (Å²) in [4.78, 5) is 0. The summed E-state index contributed by atoms with van der Waals surface area (Å²) in [6, 6.07) is 1.62. The number of H-pyrrole nitrogens is 1. The van der Waals surface area contributed by atoms with Crippen LogP contribution in [0.3, 0.4) is 0 Å². The average molecular weight is 195 g/mol. The highest BCUT2D eigenvalue weighted by Crippen LogP contribution is 2.19. The molecule has 2 aromatic heterocycles. The Bertz CT molecular complexity index is 394. The van der Waals surface area contributed by atoms with Gasteiger partial charge < -0.3 is 9.26 Å². The van der Waals surface area contributed by atoms with Crippen molar-refractivity contribution in [3.05, 3.63) is 6.07 Å². The first kappa shape index (κ1) is 8.67. The lowest BCUT2D eigenvalue weighted by molar-refractivity contribution is 0.218. The third kappa shape index (κ3) is 1.70. The predicted molar refractivity (Wildman–Crippen MR) is 45.4 cm³/mol. The van der Waals surface area contributed by atoms with Crippen molar-refractivity contribution < 1.29 is 9.26 Å². The van der Waals surface area contributed by atoms with Gasteiger partial charge in [-0.15, -0.1) is 10.2 Å². The number of nitrogens with zero attached hydrogens (tertiary/aromatic N) is 4. The summed E-state index contributed by atoms with van der Waals surface area (Å²) in [7, 11) is 0. The number of ether oxygens (including phenoxy) is 1. The maximum absolute atomic E-state index is 5.30. The van der Waals surface area contributed by atoms with Crippen LogP contribution in [0, 0.1) is 0 Å². The Kier molecular flexibility index (Phi) is 2.13. The first-order chi connectivity index (χ1) is 6.75. The Morgan fingerprint density at radius 1 is 1.50 bits per heavy atom. The molecule has 14 heavy (non-hydrogen) atoms. The van der Waals surface area contributed by atoms with Crippen molar-refractivity contribution in [2.45, 2.75) is 20.0 Å². The smallest absolute Gasteiger partial charge is 0.255 e. The summed E-state index contributed by atoms with van der Waals surface area (Å²) >= 11 is 0. The molecule has 0 spiro atoms. The van der Waals surface area contributed by atoms with Gasteiger partial charge in [-0.1, -0.05) is 0 Å². The number of hydrogen-bond donors (Lipinski definition) is 1. The van der Waals surface area contributed by atoms with Crippen LogP contribution in [0.4, 0.5) is 0 Å². The molecule has 2 heterocycles. The number of hydrogen-bond acceptors (Lipinski definition) is 6. The largest absolute Gasteiger partial charge is 0.473 e. The lowest BCUT2D eigenvalue weighted by Gasteiger charge is -2.02. The molecule has 0 saturated heterocycles. The fourth-order valence-corrected chi connectivity index (χ4v) is 0.928. The molecule has 0 bridgehead atoms. The fourth-order valence-electron chi connectivity index (χ4n) is 0.928. The Morgan fingerprint density at radius 2 is 2.36 bits per heavy atom. The molecule has 0 amide bonds. The molecule has 0 aromatic carbocycles. The van der Waals surface area contributed by atoms with Crippen LogP contribution in [0.5, 0.6) is 5.88 Å². The number of tetrazole rings is 1. The van der Waals surface area contributed by atoms with E-state index < -0.39 is 0 Å². The first-order valence-electron chi connectivity index (χ1n) is 4.13. The van der Waals surface area contributed by atoms with E-state index >= 15 is 0 Å². The van der Waals surface area contributed by atoms with Crippen LogP contribution in [-0.4, -0.2) is 31.9 Å². The van der Waals surface area contributed by atoms with E-state index in [1.165, 1.54) is 0 Å². The molecular formula is C7H9N5O2. The normalized spacial score (nSPS) is 10.8. The standard InChI is InChI=1S/C7H9N5O2/c1-4(2)13-6-3-5(14-10-6)7-8-11-12-9-7/h3-4H,1-2H3,(H,8,9,11,12). The maximum Gasteiger partial charge on any atom is 0.255 e. The van der Waals surface area contributed by atoms with Crippen LogP contribution in [-0.2, 0) is 0 Å². The summed E-state index contributed by atoms with van der Waals surface area (Å²) in [5.74, 6) is 1.20. The maximum atomic E-state index is 5.30. The van der Waals surface area contributed by atoms with Crippen LogP contribution in [0.1, 0.15) is 13.8 Å². The second-order valence-electron chi connectivity index (χ2n) is 2.93. The third-order valence-electron chi connectivity index (χ3n) is 1.41. The summed E-state index contributed by atoms with van der Waals surface area (Å²) in [6.45, 7) is 3.81. The zero-order valence-corrected chi connectivity index (χ0v) is 7.76. The van der Waals surface area contributed by atoms with Gasteiger partial charge in [0.15, 0.2) is 0 Å². The fraction of sp³-hybridized carbons (Fsp3) is 0.429. The molecule has 7 heteroatoms. The highest BCUT2D eigenvalue weighted by Gasteiger charge is 2.11. The van der Waals surface area contributed by atoms with Gasteiger partial charge in [0, 0.05) is 0 Å². The van der Waals surface area contributed by atoms with E-state index in [9.17, 15) is 0 Å². The zero-order valence-electron chi connectivity index (χ0n) is 7.76. The Balaban J connectivity index is 2.18. The Labute approximate surface area is 79.4 Å². The number of aromatic nitrogens is 5. The summed E-state index contributed by atoms with van der Waals surface area (Å²) in [6.07, 6.45) is 0.0539. The molecule has 7 nitrogen and oxygen atoms in total. The minimum atomic E-state index is 0.0539. The molecule has 0 aliphatic carbocycles.